The molecule has 1 spiro atoms. The van der Waals surface area contributed by atoms with Crippen LogP contribution in [0.25, 0.3) is 72.0 Å². The molecule has 0 atom stereocenters. The van der Waals surface area contributed by atoms with Crippen LogP contribution in [-0.2, 0) is 16.2 Å². The zero-order chi connectivity index (χ0) is 53.5. The fourth-order valence-corrected chi connectivity index (χ4v) is 14.0. The summed E-state index contributed by atoms with van der Waals surface area (Å²) in [5, 5.41) is 2.54. The van der Waals surface area contributed by atoms with Crippen molar-refractivity contribution in [1.82, 2.24) is 4.57 Å². The Morgan fingerprint density at radius 2 is 0.886 bits per heavy atom. The number of nitrogens with two attached hydrogens (primary N) is 1. The van der Waals surface area contributed by atoms with Gasteiger partial charge < -0.3 is 15.2 Å². The topological polar surface area (TPSA) is 34.2 Å². The molecule has 2 N–H and O–H groups in total. The van der Waals surface area contributed by atoms with Crippen molar-refractivity contribution < 1.29 is 0 Å². The Bertz CT molecular complexity index is 4290. The summed E-state index contributed by atoms with van der Waals surface area (Å²) in [6, 6.07) is 91.7. The minimum absolute atomic E-state index is 0.0216. The summed E-state index contributed by atoms with van der Waals surface area (Å²) in [5.74, 6) is 0. The molecule has 11 aromatic carbocycles. The van der Waals surface area contributed by atoms with Crippen LogP contribution in [0, 0.1) is 0 Å². The number of nitrogen functional groups attached to an aromatic ring is 1. The lowest BCUT2D eigenvalue weighted by atomic mass is 9.29. The number of rotatable bonds is 5. The molecule has 1 aromatic heterocycles. The maximum Gasteiger partial charge on any atom is 0.247 e. The van der Waals surface area contributed by atoms with Crippen LogP contribution in [0.3, 0.4) is 0 Å². The molecule has 0 saturated carbocycles. The fourth-order valence-electron chi connectivity index (χ4n) is 14.0. The number of benzene rings is 11. The first kappa shape index (κ1) is 47.1. The van der Waals surface area contributed by atoms with Crippen molar-refractivity contribution in [2.75, 3.05) is 10.6 Å². The predicted molar refractivity (Wildman–Crippen MR) is 336 cm³/mol. The van der Waals surface area contributed by atoms with E-state index in [4.69, 9.17) is 5.73 Å². The second kappa shape index (κ2) is 17.2. The Morgan fingerprint density at radius 1 is 0.380 bits per heavy atom. The molecule has 0 bridgehead atoms. The van der Waals surface area contributed by atoms with Crippen LogP contribution in [-0.4, -0.2) is 11.3 Å². The lowest BCUT2D eigenvalue weighted by molar-refractivity contribution is 0.590. The molecule has 3 nitrogen and oxygen atoms in total. The average Bonchev–Trinajstić information content (AvgIpc) is 2.24. The van der Waals surface area contributed by atoms with Gasteiger partial charge in [-0.2, -0.15) is 0 Å². The third kappa shape index (κ3) is 6.93. The molecule has 2 aliphatic heterocycles. The lowest BCUT2D eigenvalue weighted by Gasteiger charge is -2.48. The smallest absolute Gasteiger partial charge is 0.247 e. The molecule has 15 rings (SSSR count). The van der Waals surface area contributed by atoms with E-state index >= 15 is 0 Å². The van der Waals surface area contributed by atoms with Gasteiger partial charge in [-0.15, -0.1) is 0 Å². The van der Waals surface area contributed by atoms with E-state index in [0.29, 0.717) is 0 Å². The van der Waals surface area contributed by atoms with Crippen molar-refractivity contribution in [2.24, 2.45) is 0 Å². The first-order valence-electron chi connectivity index (χ1n) is 28.0. The van der Waals surface area contributed by atoms with E-state index < -0.39 is 5.41 Å². The summed E-state index contributed by atoms with van der Waals surface area (Å²) in [4.78, 5) is 2.68. The molecule has 0 unspecified atom stereocenters. The summed E-state index contributed by atoms with van der Waals surface area (Å²) in [6.45, 7) is 13.8. The van der Waals surface area contributed by atoms with Gasteiger partial charge in [0.15, 0.2) is 0 Å². The first-order chi connectivity index (χ1) is 38.4. The van der Waals surface area contributed by atoms with Crippen LogP contribution in [0.5, 0.6) is 0 Å². The number of hydrogen-bond acceptors (Lipinski definition) is 2. The van der Waals surface area contributed by atoms with Gasteiger partial charge in [-0.05, 0) is 149 Å². The van der Waals surface area contributed by atoms with Gasteiger partial charge in [0.2, 0.25) is 6.71 Å². The highest BCUT2D eigenvalue weighted by molar-refractivity contribution is 6.99. The molecule has 378 valence electrons. The van der Waals surface area contributed by atoms with E-state index in [1.165, 1.54) is 94.0 Å². The molecule has 3 heterocycles. The minimum Gasteiger partial charge on any atom is -0.399 e. The molecule has 12 aromatic rings. The largest absolute Gasteiger partial charge is 0.399 e. The zero-order valence-electron chi connectivity index (χ0n) is 45.6. The summed E-state index contributed by atoms with van der Waals surface area (Å²) < 4.78 is 2.53. The summed E-state index contributed by atoms with van der Waals surface area (Å²) in [5.41, 5.74) is 35.1. The Hall–Kier alpha value is -9.12. The number of hydrogen-bond donors (Lipinski definition) is 1. The second-order valence-electron chi connectivity index (χ2n) is 24.3. The van der Waals surface area contributed by atoms with Crippen molar-refractivity contribution in [3.05, 3.63) is 276 Å². The number of aromatic nitrogens is 1. The molecule has 79 heavy (non-hydrogen) atoms. The average molecular weight is 1010 g/mol. The van der Waals surface area contributed by atoms with Gasteiger partial charge in [0.05, 0.1) is 22.1 Å². The zero-order valence-corrected chi connectivity index (χ0v) is 45.6. The summed E-state index contributed by atoms with van der Waals surface area (Å²) in [6.07, 6.45) is 0. The molecule has 0 fully saturated rings. The van der Waals surface area contributed by atoms with Crippen LogP contribution in [0.4, 0.5) is 22.7 Å². The maximum absolute atomic E-state index is 7.10. The Kier molecular flexibility index (Phi) is 10.3. The third-order valence-electron chi connectivity index (χ3n) is 17.7. The number of para-hydroxylation sites is 1. The molecule has 1 aliphatic carbocycles. The Morgan fingerprint density at radius 3 is 1.44 bits per heavy atom. The van der Waals surface area contributed by atoms with E-state index in [-0.39, 0.29) is 17.5 Å². The monoisotopic (exact) mass is 1010 g/mol. The van der Waals surface area contributed by atoms with Crippen molar-refractivity contribution in [2.45, 2.75) is 57.8 Å². The maximum atomic E-state index is 7.10. The van der Waals surface area contributed by atoms with Gasteiger partial charge in [0.25, 0.3) is 0 Å². The second-order valence-corrected chi connectivity index (χ2v) is 24.3. The number of nitrogens with zero attached hydrogens (tertiary/aromatic N) is 2. The Balaban J connectivity index is 1.12. The van der Waals surface area contributed by atoms with E-state index in [0.717, 1.165) is 50.6 Å². The van der Waals surface area contributed by atoms with Crippen LogP contribution in [0.2, 0.25) is 0 Å². The van der Waals surface area contributed by atoms with Crippen LogP contribution < -0.4 is 27.0 Å². The van der Waals surface area contributed by atoms with Gasteiger partial charge in [-0.25, -0.2) is 0 Å². The number of fused-ring (bicyclic) bond motifs is 14. The van der Waals surface area contributed by atoms with Gasteiger partial charge >= 0.3 is 0 Å². The van der Waals surface area contributed by atoms with E-state index in [1.807, 2.05) is 0 Å². The van der Waals surface area contributed by atoms with Crippen molar-refractivity contribution in [3.8, 4) is 50.2 Å². The quantitative estimate of drug-likeness (QED) is 0.138. The highest BCUT2D eigenvalue weighted by Gasteiger charge is 2.55. The van der Waals surface area contributed by atoms with Gasteiger partial charge in [0, 0.05) is 44.6 Å². The predicted octanol–water partition coefficient (Wildman–Crippen LogP) is 16.9. The molecule has 4 heteroatoms. The van der Waals surface area contributed by atoms with Crippen LogP contribution in [0.15, 0.2) is 243 Å². The van der Waals surface area contributed by atoms with E-state index in [9.17, 15) is 0 Å². The van der Waals surface area contributed by atoms with Crippen molar-refractivity contribution >= 4 is 67.7 Å². The minimum atomic E-state index is -0.686. The van der Waals surface area contributed by atoms with Crippen LogP contribution >= 0.6 is 0 Å². The van der Waals surface area contributed by atoms with Gasteiger partial charge in [-0.1, -0.05) is 229 Å². The van der Waals surface area contributed by atoms with Gasteiger partial charge in [-0.3, -0.25) is 0 Å². The highest BCUT2D eigenvalue weighted by atomic mass is 15.2. The molecule has 0 saturated heterocycles. The van der Waals surface area contributed by atoms with Gasteiger partial charge in [0.1, 0.15) is 0 Å². The fraction of sp³-hybridized carbons (Fsp3) is 0.120. The first-order valence-corrected chi connectivity index (χ1v) is 28.0. The molecule has 0 radical (unpaired) electrons. The molecular weight excluding hydrogens is 954 g/mol. The summed E-state index contributed by atoms with van der Waals surface area (Å²) in [7, 11) is 0. The molecule has 3 aliphatic rings. The SMILES string of the molecule is CC(C)(C)c1ccc2c(c1)c1cc(C(C)(C)C)ccc1n2-c1ccc2c(c1)N(c1c(-c3ccccc3)cccc1-c1ccccc1)c1cc(-c3ccccc3)cc3c1B2c1ccc(N)cc1C31c2ccccc2-c2ccccc21. The summed E-state index contributed by atoms with van der Waals surface area (Å²) >= 11 is 0. The normalized spacial score (nSPS) is 13.8. The van der Waals surface area contributed by atoms with Crippen molar-refractivity contribution in [3.63, 3.8) is 0 Å². The van der Waals surface area contributed by atoms with E-state index in [2.05, 4.69) is 294 Å². The van der Waals surface area contributed by atoms with Crippen LogP contribution in [0.1, 0.15) is 74.9 Å². The number of anilines is 4. The Labute approximate surface area is 464 Å². The standard InChI is InChI=1S/C75H60BN3/c1-73(2,3)51-33-39-67-59(43-51)60-44-52(74(4,5)6)34-40-68(60)78(67)54-36-38-66-69(46-54)79(72-55(48-23-12-8-13-24-48)29-20-30-56(72)49-25-14-9-15-26-49)70-42-50(47-21-10-7-11-22-47)41-64-71(70)76(66)65-37-35-53(77)45-63(65)75(64)61-31-18-16-27-57(61)58-28-17-19-32-62(58)75/h7-46H,77H2,1-6H3. The third-order valence-corrected chi connectivity index (χ3v) is 17.7. The molecular formula is C75H60BN3. The molecule has 0 amide bonds. The highest BCUT2D eigenvalue weighted by Crippen LogP contribution is 2.59. The lowest BCUT2D eigenvalue weighted by Crippen LogP contribution is -2.65. The van der Waals surface area contributed by atoms with Crippen molar-refractivity contribution in [1.29, 1.82) is 0 Å². The van der Waals surface area contributed by atoms with E-state index in [1.54, 1.807) is 0 Å².